The Hall–Kier alpha value is -8.20. The first-order valence-electron chi connectivity index (χ1n) is 26.0. The zero-order chi connectivity index (χ0) is 49.6. The summed E-state index contributed by atoms with van der Waals surface area (Å²) in [7, 11) is 0. The molecule has 0 aromatic heterocycles. The maximum atomic E-state index is 2.45. The van der Waals surface area contributed by atoms with Crippen molar-refractivity contribution in [2.24, 2.45) is 0 Å². The number of benzene rings is 10. The van der Waals surface area contributed by atoms with Gasteiger partial charge >= 0.3 is 0 Å². The van der Waals surface area contributed by atoms with Crippen LogP contribution in [0.25, 0.3) is 56.7 Å². The molecule has 0 aliphatic heterocycles. The van der Waals surface area contributed by atoms with E-state index in [1.165, 1.54) is 117 Å². The Morgan fingerprint density at radius 2 is 0.658 bits per heavy atom. The van der Waals surface area contributed by atoms with Crippen LogP contribution in [0.15, 0.2) is 231 Å². The van der Waals surface area contributed by atoms with Gasteiger partial charge in [-0.05, 0) is 131 Å². The van der Waals surface area contributed by atoms with E-state index in [1.807, 2.05) is 0 Å². The van der Waals surface area contributed by atoms with Gasteiger partial charge in [-0.15, -0.1) is 0 Å². The van der Waals surface area contributed by atoms with E-state index >= 15 is 0 Å². The summed E-state index contributed by atoms with van der Waals surface area (Å²) in [5.41, 5.74) is 28.2. The molecule has 0 bridgehead atoms. The van der Waals surface area contributed by atoms with Gasteiger partial charge in [-0.3, -0.25) is 0 Å². The lowest BCUT2D eigenvalue weighted by atomic mass is 9.37. The molecule has 0 atom stereocenters. The minimum atomic E-state index is -0.189. The number of anilines is 3. The summed E-state index contributed by atoms with van der Waals surface area (Å²) in [6, 6.07) is 86.1. The summed E-state index contributed by atoms with van der Waals surface area (Å²) >= 11 is 0. The number of nitrogens with zero attached hydrogens (tertiary/aromatic N) is 1. The van der Waals surface area contributed by atoms with E-state index in [2.05, 4.69) is 289 Å². The van der Waals surface area contributed by atoms with E-state index in [1.54, 1.807) is 0 Å². The molecule has 1 nitrogen and oxygen atoms in total. The fraction of sp³-hybridized carbons (Fsp3) is 0.127. The first kappa shape index (κ1) is 44.7. The van der Waals surface area contributed by atoms with Crippen LogP contribution in [0.3, 0.4) is 0 Å². The second kappa shape index (κ2) is 17.0. The van der Waals surface area contributed by atoms with Crippen molar-refractivity contribution in [3.8, 4) is 44.5 Å². The van der Waals surface area contributed by atoms with Gasteiger partial charge in [0.25, 0.3) is 0 Å². The van der Waals surface area contributed by atoms with Crippen LogP contribution >= 0.6 is 0 Å². The number of fused-ring (bicyclic) bond motifs is 9. The van der Waals surface area contributed by atoms with Gasteiger partial charge < -0.3 is 4.90 Å². The fourth-order valence-electron chi connectivity index (χ4n) is 12.8. The molecule has 0 fully saturated rings. The predicted molar refractivity (Wildman–Crippen MR) is 312 cm³/mol. The van der Waals surface area contributed by atoms with Crippen LogP contribution in [0.4, 0.5) is 17.1 Å². The van der Waals surface area contributed by atoms with Crippen LogP contribution in [0.2, 0.25) is 0 Å². The average Bonchev–Trinajstić information content (AvgIpc) is 3.90. The highest BCUT2D eigenvalue weighted by Gasteiger charge is 2.39. The maximum absolute atomic E-state index is 2.45. The molecule has 0 amide bonds. The molecule has 350 valence electrons. The summed E-state index contributed by atoms with van der Waals surface area (Å²) in [4.78, 5) is 2.44. The third kappa shape index (κ3) is 7.29. The molecule has 2 heteroatoms. The molecule has 0 spiro atoms. The molecule has 13 rings (SSSR count). The molecule has 3 aliphatic rings. The lowest BCUT2D eigenvalue weighted by Crippen LogP contribution is -2.51. The first-order chi connectivity index (χ1) is 35.4. The van der Waals surface area contributed by atoms with Crippen molar-refractivity contribution >= 4 is 52.3 Å². The standard InChI is InChI=1S/C71H58BN/c1-69(2)63-25-17-16-24-57(63)61-40-35-55(45-67(61)69)73(54-22-14-9-15-23-54)56-36-41-62-59-38-29-48(43-65(59)71(5,6)68(62)46-56)27-26-47-28-37-58-60-39-32-50(44-66(60)70(3,4)64(58)42-47)49-30-33-53(34-31-49)72(51-18-10-7-11-19-51)52-20-12-8-13-21-52/h7-46H,1-6H3/b27-26+. The minimum Gasteiger partial charge on any atom is -0.310 e. The van der Waals surface area contributed by atoms with Crippen LogP contribution in [0, 0.1) is 0 Å². The first-order valence-corrected chi connectivity index (χ1v) is 26.0. The Bertz CT molecular complexity index is 3760. The Labute approximate surface area is 432 Å². The van der Waals surface area contributed by atoms with Gasteiger partial charge in [0.1, 0.15) is 0 Å². The van der Waals surface area contributed by atoms with Crippen LogP contribution in [0.5, 0.6) is 0 Å². The highest BCUT2D eigenvalue weighted by Crippen LogP contribution is 2.54. The SMILES string of the molecule is CC1(C)c2cc(/C=C/c3ccc4c(c3)C(C)(C)c3cc(N(c5ccccc5)c5ccc6c(c5)C(C)(C)c5ccccc5-6)ccc3-4)ccc2-c2ccc(-c3ccc(B(c4ccccc4)c4ccccc4)cc3)cc21. The molecule has 0 radical (unpaired) electrons. The zero-order valence-electron chi connectivity index (χ0n) is 42.6. The zero-order valence-corrected chi connectivity index (χ0v) is 42.6. The van der Waals surface area contributed by atoms with Gasteiger partial charge in [-0.2, -0.15) is 0 Å². The highest BCUT2D eigenvalue weighted by molar-refractivity contribution is 6.95. The highest BCUT2D eigenvalue weighted by atomic mass is 15.1. The van der Waals surface area contributed by atoms with Gasteiger partial charge in [0.15, 0.2) is 0 Å². The lowest BCUT2D eigenvalue weighted by molar-refractivity contribution is 0.660. The summed E-state index contributed by atoms with van der Waals surface area (Å²) in [5.74, 6) is 0. The number of para-hydroxylation sites is 1. The van der Waals surface area contributed by atoms with Crippen molar-refractivity contribution in [2.45, 2.75) is 57.8 Å². The predicted octanol–water partition coefficient (Wildman–Crippen LogP) is 16.4. The minimum absolute atomic E-state index is 0.0850. The van der Waals surface area contributed by atoms with E-state index in [-0.39, 0.29) is 23.0 Å². The van der Waals surface area contributed by atoms with Crippen molar-refractivity contribution in [3.05, 3.63) is 275 Å². The summed E-state index contributed by atoms with van der Waals surface area (Å²) in [6.07, 6.45) is 4.60. The van der Waals surface area contributed by atoms with E-state index in [0.717, 1.165) is 5.69 Å². The van der Waals surface area contributed by atoms with Crippen molar-refractivity contribution in [1.82, 2.24) is 0 Å². The molecule has 10 aromatic carbocycles. The van der Waals surface area contributed by atoms with E-state index < -0.39 is 0 Å². The van der Waals surface area contributed by atoms with Gasteiger partial charge in [0.05, 0.1) is 0 Å². The smallest absolute Gasteiger partial charge is 0.241 e. The molecule has 0 heterocycles. The Balaban J connectivity index is 0.765. The van der Waals surface area contributed by atoms with Gasteiger partial charge in [-0.25, -0.2) is 0 Å². The second-order valence-electron chi connectivity index (χ2n) is 22.1. The van der Waals surface area contributed by atoms with E-state index in [9.17, 15) is 0 Å². The normalized spacial score (nSPS) is 14.7. The number of hydrogen-bond acceptors (Lipinski definition) is 1. The summed E-state index contributed by atoms with van der Waals surface area (Å²) < 4.78 is 0. The summed E-state index contributed by atoms with van der Waals surface area (Å²) in [6.45, 7) is 14.5. The average molecular weight is 936 g/mol. The fourth-order valence-corrected chi connectivity index (χ4v) is 12.8. The molecule has 0 saturated carbocycles. The summed E-state index contributed by atoms with van der Waals surface area (Å²) in [5, 5.41) is 0. The van der Waals surface area contributed by atoms with Crippen LogP contribution < -0.4 is 21.3 Å². The van der Waals surface area contributed by atoms with E-state index in [4.69, 9.17) is 0 Å². The van der Waals surface area contributed by atoms with Crippen molar-refractivity contribution in [3.63, 3.8) is 0 Å². The van der Waals surface area contributed by atoms with Crippen LogP contribution in [-0.4, -0.2) is 6.71 Å². The Kier molecular flexibility index (Phi) is 10.4. The van der Waals surface area contributed by atoms with Crippen molar-refractivity contribution in [2.75, 3.05) is 4.90 Å². The molecule has 73 heavy (non-hydrogen) atoms. The Morgan fingerprint density at radius 1 is 0.288 bits per heavy atom. The number of rotatable bonds is 9. The molecule has 0 N–H and O–H groups in total. The molecule has 3 aliphatic carbocycles. The topological polar surface area (TPSA) is 3.24 Å². The van der Waals surface area contributed by atoms with Crippen LogP contribution in [-0.2, 0) is 16.2 Å². The monoisotopic (exact) mass is 935 g/mol. The molecule has 10 aromatic rings. The molecule has 0 saturated heterocycles. The maximum Gasteiger partial charge on any atom is 0.241 e. The van der Waals surface area contributed by atoms with Crippen molar-refractivity contribution < 1.29 is 0 Å². The molecular weight excluding hydrogens is 878 g/mol. The third-order valence-electron chi connectivity index (χ3n) is 16.8. The van der Waals surface area contributed by atoms with Gasteiger partial charge in [-0.1, -0.05) is 258 Å². The largest absolute Gasteiger partial charge is 0.310 e. The third-order valence-corrected chi connectivity index (χ3v) is 16.8. The molecule has 0 unspecified atom stereocenters. The van der Waals surface area contributed by atoms with E-state index in [0.29, 0.717) is 0 Å². The van der Waals surface area contributed by atoms with Crippen molar-refractivity contribution in [1.29, 1.82) is 0 Å². The lowest BCUT2D eigenvalue weighted by Gasteiger charge is -2.29. The van der Waals surface area contributed by atoms with Crippen LogP contribution in [0.1, 0.15) is 86.1 Å². The Morgan fingerprint density at radius 3 is 1.18 bits per heavy atom. The molecular formula is C71H58BN. The van der Waals surface area contributed by atoms with Gasteiger partial charge in [0, 0.05) is 33.3 Å². The number of hydrogen-bond donors (Lipinski definition) is 0. The van der Waals surface area contributed by atoms with Gasteiger partial charge in [0.2, 0.25) is 6.71 Å². The quantitative estimate of drug-likeness (QED) is 0.103. The second-order valence-corrected chi connectivity index (χ2v) is 22.1.